The van der Waals surface area contributed by atoms with E-state index < -0.39 is 11.8 Å². The molecule has 92 valence electrons. The van der Waals surface area contributed by atoms with Gasteiger partial charge < -0.3 is 9.82 Å². The number of hydrogen-bond acceptors (Lipinski definition) is 3. The van der Waals surface area contributed by atoms with Crippen molar-refractivity contribution >= 4 is 11.7 Å². The smallest absolute Gasteiger partial charge is 0.365 e. The number of benzene rings is 1. The van der Waals surface area contributed by atoms with E-state index in [-0.39, 0.29) is 5.56 Å². The number of nitrogens with one attached hydrogen (secondary N) is 1. The Morgan fingerprint density at radius 2 is 2.17 bits per heavy atom. The fourth-order valence-electron chi connectivity index (χ4n) is 1.38. The van der Waals surface area contributed by atoms with E-state index in [2.05, 4.69) is 10.1 Å². The second-order valence-corrected chi connectivity index (χ2v) is 3.67. The Balaban J connectivity index is 2.07. The molecule has 2 aromatic rings. The third kappa shape index (κ3) is 2.82. The van der Waals surface area contributed by atoms with E-state index in [1.165, 1.54) is 18.2 Å². The van der Waals surface area contributed by atoms with Gasteiger partial charge in [0.25, 0.3) is 0 Å². The Morgan fingerprint density at radius 3 is 2.83 bits per heavy atom. The molecule has 0 aliphatic rings. The van der Waals surface area contributed by atoms with E-state index in [4.69, 9.17) is 4.84 Å². The lowest BCUT2D eigenvalue weighted by Crippen LogP contribution is -2.03. The van der Waals surface area contributed by atoms with Gasteiger partial charge in [0.1, 0.15) is 5.82 Å². The molecule has 0 unspecified atom stereocenters. The van der Waals surface area contributed by atoms with E-state index in [1.807, 2.05) is 0 Å². The molecule has 0 saturated heterocycles. The minimum atomic E-state index is -0.690. The SMILES string of the molecule is C/C(=N\OC(=O)c1cccc(F)c1)c1cc[nH]c1. The molecule has 1 N–H and O–H groups in total. The van der Waals surface area contributed by atoms with Gasteiger partial charge in [-0.25, -0.2) is 9.18 Å². The molecule has 0 aliphatic carbocycles. The first-order valence-electron chi connectivity index (χ1n) is 5.31. The zero-order valence-electron chi connectivity index (χ0n) is 9.68. The van der Waals surface area contributed by atoms with Gasteiger partial charge in [0.15, 0.2) is 0 Å². The van der Waals surface area contributed by atoms with E-state index >= 15 is 0 Å². The number of aromatic amines is 1. The number of oxime groups is 1. The Morgan fingerprint density at radius 1 is 1.33 bits per heavy atom. The first kappa shape index (κ1) is 12.0. The standard InChI is InChI=1S/C13H11FN2O2/c1-9(11-5-6-15-8-11)16-18-13(17)10-3-2-4-12(14)7-10/h2-8,15H,1H3/b16-9+. The van der Waals surface area contributed by atoms with Gasteiger partial charge in [-0.15, -0.1) is 0 Å². The normalized spacial score (nSPS) is 11.3. The van der Waals surface area contributed by atoms with Crippen molar-refractivity contribution in [1.29, 1.82) is 0 Å². The Hall–Kier alpha value is -2.43. The fourth-order valence-corrected chi connectivity index (χ4v) is 1.38. The van der Waals surface area contributed by atoms with Crippen LogP contribution in [0.15, 0.2) is 47.9 Å². The van der Waals surface area contributed by atoms with Gasteiger partial charge in [-0.05, 0) is 31.2 Å². The summed E-state index contributed by atoms with van der Waals surface area (Å²) in [6, 6.07) is 7.06. The molecule has 18 heavy (non-hydrogen) atoms. The van der Waals surface area contributed by atoms with Crippen LogP contribution < -0.4 is 0 Å². The highest BCUT2D eigenvalue weighted by atomic mass is 19.1. The van der Waals surface area contributed by atoms with Gasteiger partial charge in [0.05, 0.1) is 11.3 Å². The molecule has 1 heterocycles. The number of hydrogen-bond donors (Lipinski definition) is 1. The quantitative estimate of drug-likeness (QED) is 0.514. The van der Waals surface area contributed by atoms with E-state index in [9.17, 15) is 9.18 Å². The number of aromatic nitrogens is 1. The summed E-state index contributed by atoms with van der Waals surface area (Å²) in [6.07, 6.45) is 3.47. The maximum absolute atomic E-state index is 12.9. The second kappa shape index (κ2) is 5.27. The van der Waals surface area contributed by atoms with Crippen LogP contribution in [0.25, 0.3) is 0 Å². The maximum atomic E-state index is 12.9. The van der Waals surface area contributed by atoms with Crippen LogP contribution in [0, 0.1) is 5.82 Å². The molecule has 0 fully saturated rings. The van der Waals surface area contributed by atoms with E-state index in [0.29, 0.717) is 5.71 Å². The van der Waals surface area contributed by atoms with E-state index in [1.54, 1.807) is 25.4 Å². The summed E-state index contributed by atoms with van der Waals surface area (Å²) >= 11 is 0. The Labute approximate surface area is 103 Å². The van der Waals surface area contributed by atoms with Crippen molar-refractivity contribution in [2.24, 2.45) is 5.16 Å². The van der Waals surface area contributed by atoms with Crippen molar-refractivity contribution in [1.82, 2.24) is 4.98 Å². The number of H-pyrrole nitrogens is 1. The molecule has 5 heteroatoms. The predicted molar refractivity (Wildman–Crippen MR) is 64.8 cm³/mol. The van der Waals surface area contributed by atoms with Crippen LogP contribution in [0.3, 0.4) is 0 Å². The summed E-state index contributed by atoms with van der Waals surface area (Å²) in [4.78, 5) is 19.2. The van der Waals surface area contributed by atoms with Crippen LogP contribution in [-0.2, 0) is 4.84 Å². The Bertz CT molecular complexity index is 576. The lowest BCUT2D eigenvalue weighted by atomic mass is 10.2. The summed E-state index contributed by atoms with van der Waals surface area (Å²) in [7, 11) is 0. The molecule has 0 aliphatic heterocycles. The van der Waals surface area contributed by atoms with Crippen LogP contribution >= 0.6 is 0 Å². The molecule has 0 atom stereocenters. The third-order valence-corrected chi connectivity index (χ3v) is 2.34. The fraction of sp³-hybridized carbons (Fsp3) is 0.0769. The van der Waals surface area contributed by atoms with Crippen LogP contribution in [0.5, 0.6) is 0 Å². The minimum Gasteiger partial charge on any atom is -0.367 e. The summed E-state index contributed by atoms with van der Waals surface area (Å²) in [6.45, 7) is 1.71. The average molecular weight is 246 g/mol. The zero-order chi connectivity index (χ0) is 13.0. The summed E-state index contributed by atoms with van der Waals surface area (Å²) in [5, 5.41) is 3.70. The molecule has 4 nitrogen and oxygen atoms in total. The van der Waals surface area contributed by atoms with Crippen molar-refractivity contribution in [2.75, 3.05) is 0 Å². The largest absolute Gasteiger partial charge is 0.367 e. The molecule has 1 aromatic heterocycles. The maximum Gasteiger partial charge on any atom is 0.365 e. The van der Waals surface area contributed by atoms with Crippen molar-refractivity contribution < 1.29 is 14.0 Å². The zero-order valence-corrected chi connectivity index (χ0v) is 9.68. The molecule has 0 amide bonds. The molecular formula is C13H11FN2O2. The molecule has 0 spiro atoms. The number of halogens is 1. The highest BCUT2D eigenvalue weighted by Gasteiger charge is 2.08. The van der Waals surface area contributed by atoms with Crippen LogP contribution in [0.4, 0.5) is 4.39 Å². The molecular weight excluding hydrogens is 235 g/mol. The van der Waals surface area contributed by atoms with Crippen LogP contribution in [0.2, 0.25) is 0 Å². The molecule has 2 rings (SSSR count). The third-order valence-electron chi connectivity index (χ3n) is 2.34. The van der Waals surface area contributed by atoms with Crippen LogP contribution in [-0.4, -0.2) is 16.7 Å². The first-order chi connectivity index (χ1) is 8.66. The number of carbonyl (C=O) groups is 1. The van der Waals surface area contributed by atoms with Crippen molar-refractivity contribution in [3.05, 3.63) is 59.7 Å². The molecule has 1 aromatic carbocycles. The summed E-state index contributed by atoms with van der Waals surface area (Å²) < 4.78 is 12.9. The lowest BCUT2D eigenvalue weighted by molar-refractivity contribution is 0.0516. The Kier molecular flexibility index (Phi) is 3.52. The average Bonchev–Trinajstić information content (AvgIpc) is 2.89. The number of rotatable bonds is 3. The summed E-state index contributed by atoms with van der Waals surface area (Å²) in [5.41, 5.74) is 1.50. The van der Waals surface area contributed by atoms with Gasteiger partial charge in [-0.2, -0.15) is 0 Å². The van der Waals surface area contributed by atoms with Gasteiger partial charge in [0.2, 0.25) is 0 Å². The van der Waals surface area contributed by atoms with Gasteiger partial charge in [0, 0.05) is 18.0 Å². The highest BCUT2D eigenvalue weighted by molar-refractivity contribution is 5.99. The van der Waals surface area contributed by atoms with Crippen molar-refractivity contribution in [3.8, 4) is 0 Å². The molecule has 0 saturated carbocycles. The van der Waals surface area contributed by atoms with Gasteiger partial charge >= 0.3 is 5.97 Å². The second-order valence-electron chi connectivity index (χ2n) is 3.67. The summed E-state index contributed by atoms with van der Waals surface area (Å²) in [5.74, 6) is -1.18. The monoisotopic (exact) mass is 246 g/mol. The predicted octanol–water partition coefficient (Wildman–Crippen LogP) is 2.73. The van der Waals surface area contributed by atoms with Crippen molar-refractivity contribution in [2.45, 2.75) is 6.92 Å². The minimum absolute atomic E-state index is 0.126. The first-order valence-corrected chi connectivity index (χ1v) is 5.31. The number of nitrogens with zero attached hydrogens (tertiary/aromatic N) is 1. The molecule has 0 bridgehead atoms. The van der Waals surface area contributed by atoms with Gasteiger partial charge in [-0.1, -0.05) is 11.2 Å². The topological polar surface area (TPSA) is 54.4 Å². The number of carbonyl (C=O) groups excluding carboxylic acids is 1. The highest BCUT2D eigenvalue weighted by Crippen LogP contribution is 2.06. The van der Waals surface area contributed by atoms with Crippen LogP contribution in [0.1, 0.15) is 22.8 Å². The molecule has 0 radical (unpaired) electrons. The van der Waals surface area contributed by atoms with Crippen molar-refractivity contribution in [3.63, 3.8) is 0 Å². The lowest BCUT2D eigenvalue weighted by Gasteiger charge is -1.99. The van der Waals surface area contributed by atoms with E-state index in [0.717, 1.165) is 11.6 Å². The van der Waals surface area contributed by atoms with Gasteiger partial charge in [-0.3, -0.25) is 0 Å².